The maximum atomic E-state index is 9.65. The van der Waals surface area contributed by atoms with Crippen LogP contribution in [-0.4, -0.2) is 312 Å². The molecule has 4 bridgehead atoms. The monoisotopic (exact) mass is 1240 g/mol. The van der Waals surface area contributed by atoms with Crippen LogP contribution < -0.4 is 0 Å². The molecule has 10 heterocycles. The highest BCUT2D eigenvalue weighted by Gasteiger charge is 2.40. The minimum Gasteiger partial charge on any atom is -0.393 e. The summed E-state index contributed by atoms with van der Waals surface area (Å²) in [5, 5.41) is 46.9. The van der Waals surface area contributed by atoms with Crippen molar-refractivity contribution in [3.8, 4) is 0 Å². The van der Waals surface area contributed by atoms with E-state index < -0.39 is 5.60 Å². The van der Waals surface area contributed by atoms with Crippen LogP contribution in [-0.2, 0) is 23.7 Å². The van der Waals surface area contributed by atoms with Crippen molar-refractivity contribution in [2.45, 2.75) is 298 Å². The number of rotatable bonds is 8. The molecule has 5 N–H and O–H groups in total. The summed E-state index contributed by atoms with van der Waals surface area (Å²) >= 11 is 0. The Morgan fingerprint density at radius 2 is 0.701 bits per heavy atom. The van der Waals surface area contributed by atoms with Crippen LogP contribution in [0.2, 0.25) is 0 Å². The number of ether oxygens (including phenoxy) is 5. The Morgan fingerprint density at radius 3 is 1.07 bits per heavy atom. The van der Waals surface area contributed by atoms with E-state index in [0.29, 0.717) is 74.3 Å². The number of aliphatic hydroxyl groups excluding tert-OH is 4. The molecule has 18 nitrogen and oxygen atoms in total. The molecular formula is C69H142N8O10. The number of piperidine rings is 3. The van der Waals surface area contributed by atoms with Gasteiger partial charge in [-0.1, -0.05) is 6.92 Å². The van der Waals surface area contributed by atoms with Gasteiger partial charge < -0.3 is 59.0 Å². The van der Waals surface area contributed by atoms with Gasteiger partial charge in [-0.2, -0.15) is 0 Å². The van der Waals surface area contributed by atoms with Crippen LogP contribution in [0.1, 0.15) is 195 Å². The third-order valence-corrected chi connectivity index (χ3v) is 19.3. The van der Waals surface area contributed by atoms with Crippen molar-refractivity contribution in [1.82, 2.24) is 39.2 Å². The number of morpholine rings is 1. The standard InChI is InChI=1S/C11H21N.C9H17NO.C9H19NO.3C8H17NO2.2C8H17NO/c1-8(2)12-10-4-5-11(12)7-9(3)6-10;1-7(2)10-5-8-3-4-9(6-10)11-8;1-8(2)10-6-4-9(3,11)5-7-10;3*1-7(2)9-3-4-11-6-8(10)5-9;1-7(2)9-5-3-8(10)4-6-9;1-8(2)9-4-3-6-10-7-5-9/h8-11H,4-7H2,1-3H3;7-9H,3-6H2,1-2H3;8,11H,4-7H2,1-3H3;3*7-8,10H,3-6H2,1-2H3;7-8,10H,3-6H2,1-2H3;8H,3-7H2,1-2H3/t;;;2*8-;;;/m...10.../s1. The second-order valence-corrected chi connectivity index (χ2v) is 29.5. The van der Waals surface area contributed by atoms with Crippen LogP contribution in [0.15, 0.2) is 0 Å². The molecule has 0 aromatic carbocycles. The number of fused-ring (bicyclic) bond motifs is 4. The first-order chi connectivity index (χ1) is 41.0. The fourth-order valence-electron chi connectivity index (χ4n) is 13.5. The van der Waals surface area contributed by atoms with Crippen molar-refractivity contribution in [1.29, 1.82) is 0 Å². The first-order valence-electron chi connectivity index (χ1n) is 35.4. The van der Waals surface area contributed by atoms with Crippen molar-refractivity contribution in [3.05, 3.63) is 0 Å². The van der Waals surface area contributed by atoms with Gasteiger partial charge in [0.1, 0.15) is 0 Å². The molecule has 0 aliphatic carbocycles. The lowest BCUT2D eigenvalue weighted by Crippen LogP contribution is -2.46. The summed E-state index contributed by atoms with van der Waals surface area (Å²) in [5.41, 5.74) is -0.397. The Kier molecular flexibility index (Phi) is 40.1. The van der Waals surface area contributed by atoms with Crippen LogP contribution in [0.5, 0.6) is 0 Å². The van der Waals surface area contributed by atoms with Gasteiger partial charge in [-0.05, 0) is 194 Å². The molecule has 0 aromatic heterocycles. The SMILES string of the molecule is CC(C)N1CC2CCC(C1)O2.CC(C)N1CCC(C)(O)CC1.CC(C)N1CCC(O)CC1.CC(C)N1CCCOCC1.CC(C)N1CCOCC(O)C1.CC(C)N1CCOC[C@@H](O)C1.CC(C)N1CCOC[C@H](O)C1.CC1CC2CCC(C1)N2C(C)C. The number of hydrogen-bond acceptors (Lipinski definition) is 18. The molecule has 7 atom stereocenters. The van der Waals surface area contributed by atoms with Crippen molar-refractivity contribution in [2.75, 3.05) is 144 Å². The van der Waals surface area contributed by atoms with E-state index in [1.807, 2.05) is 6.92 Å². The Labute approximate surface area is 534 Å². The molecule has 10 rings (SSSR count). The van der Waals surface area contributed by atoms with Crippen molar-refractivity contribution in [2.24, 2.45) is 5.92 Å². The van der Waals surface area contributed by atoms with E-state index in [1.54, 1.807) is 0 Å². The first-order valence-corrected chi connectivity index (χ1v) is 35.4. The average Bonchev–Trinajstić information content (AvgIpc) is 2.20. The second kappa shape index (κ2) is 43.3. The van der Waals surface area contributed by atoms with Gasteiger partial charge in [0.25, 0.3) is 0 Å². The zero-order chi connectivity index (χ0) is 64.8. The Hall–Kier alpha value is -0.720. The Morgan fingerprint density at radius 1 is 0.356 bits per heavy atom. The Balaban J connectivity index is 0.000000260. The molecule has 10 aliphatic rings. The van der Waals surface area contributed by atoms with Crippen LogP contribution >= 0.6 is 0 Å². The zero-order valence-corrected chi connectivity index (χ0v) is 59.5. The van der Waals surface area contributed by atoms with Crippen LogP contribution in [0.4, 0.5) is 0 Å². The van der Waals surface area contributed by atoms with Crippen LogP contribution in [0.3, 0.4) is 0 Å². The second-order valence-electron chi connectivity index (χ2n) is 29.5. The van der Waals surface area contributed by atoms with E-state index >= 15 is 0 Å². The van der Waals surface area contributed by atoms with Gasteiger partial charge in [0, 0.05) is 159 Å². The van der Waals surface area contributed by atoms with Crippen LogP contribution in [0, 0.1) is 5.92 Å². The quantitative estimate of drug-likeness (QED) is 0.163. The lowest BCUT2D eigenvalue weighted by molar-refractivity contribution is -0.0480. The third kappa shape index (κ3) is 33.3. The maximum absolute atomic E-state index is 9.65. The molecule has 5 unspecified atom stereocenters. The minimum absolute atomic E-state index is 0.0324. The molecule has 518 valence electrons. The zero-order valence-electron chi connectivity index (χ0n) is 59.5. The molecule has 10 aliphatic heterocycles. The molecule has 87 heavy (non-hydrogen) atoms. The lowest BCUT2D eigenvalue weighted by atomic mass is 9.91. The number of aliphatic hydroxyl groups is 5. The highest BCUT2D eigenvalue weighted by Crippen LogP contribution is 2.39. The van der Waals surface area contributed by atoms with Crippen molar-refractivity contribution in [3.63, 3.8) is 0 Å². The maximum Gasteiger partial charge on any atom is 0.0900 e. The van der Waals surface area contributed by atoms with Gasteiger partial charge in [-0.15, -0.1) is 0 Å². The van der Waals surface area contributed by atoms with Gasteiger partial charge in [-0.25, -0.2) is 0 Å². The predicted octanol–water partition coefficient (Wildman–Crippen LogP) is 7.39. The summed E-state index contributed by atoms with van der Waals surface area (Å²) < 4.78 is 26.7. The van der Waals surface area contributed by atoms with E-state index in [-0.39, 0.29) is 24.4 Å². The highest BCUT2D eigenvalue weighted by atomic mass is 16.5. The largest absolute Gasteiger partial charge is 0.393 e. The minimum atomic E-state index is -0.397. The molecule has 0 radical (unpaired) electrons. The van der Waals surface area contributed by atoms with E-state index in [9.17, 15) is 25.5 Å². The van der Waals surface area contributed by atoms with Crippen molar-refractivity contribution >= 4 is 0 Å². The van der Waals surface area contributed by atoms with E-state index in [0.717, 1.165) is 168 Å². The third-order valence-electron chi connectivity index (χ3n) is 19.3. The average molecular weight is 1240 g/mol. The molecule has 0 spiro atoms. The van der Waals surface area contributed by atoms with E-state index in [4.69, 9.17) is 23.7 Å². The summed E-state index contributed by atoms with van der Waals surface area (Å²) in [5.74, 6) is 0.984. The molecule has 10 saturated heterocycles. The van der Waals surface area contributed by atoms with Gasteiger partial charge in [-0.3, -0.25) is 29.4 Å². The number of nitrogens with zero attached hydrogens (tertiary/aromatic N) is 8. The first kappa shape index (κ1) is 80.5. The summed E-state index contributed by atoms with van der Waals surface area (Å²) in [6.45, 7) is 59.2. The summed E-state index contributed by atoms with van der Waals surface area (Å²) in [7, 11) is 0. The van der Waals surface area contributed by atoms with Crippen LogP contribution in [0.25, 0.3) is 0 Å². The number of hydrogen-bond donors (Lipinski definition) is 5. The smallest absolute Gasteiger partial charge is 0.0900 e. The molecular weight excluding hydrogens is 1100 g/mol. The van der Waals surface area contributed by atoms with Gasteiger partial charge in [0.05, 0.1) is 88.5 Å². The summed E-state index contributed by atoms with van der Waals surface area (Å²) in [6, 6.07) is 6.80. The van der Waals surface area contributed by atoms with E-state index in [2.05, 4.69) is 157 Å². The molecule has 18 heteroatoms. The predicted molar refractivity (Wildman–Crippen MR) is 358 cm³/mol. The summed E-state index contributed by atoms with van der Waals surface area (Å²) in [4.78, 5) is 19.3. The van der Waals surface area contributed by atoms with Gasteiger partial charge in [0.15, 0.2) is 0 Å². The van der Waals surface area contributed by atoms with Crippen molar-refractivity contribution < 1.29 is 49.2 Å². The molecule has 0 aromatic rings. The molecule has 10 fully saturated rings. The number of likely N-dealkylation sites (tertiary alicyclic amines) is 3. The number of β-amino-alcohol motifs (C(OH)–C–C–N with tert-alkyl or cyclic N) is 3. The lowest BCUT2D eigenvalue weighted by Gasteiger charge is -2.40. The van der Waals surface area contributed by atoms with Gasteiger partial charge >= 0.3 is 0 Å². The molecule has 0 amide bonds. The van der Waals surface area contributed by atoms with Gasteiger partial charge in [0.2, 0.25) is 0 Å². The highest BCUT2D eigenvalue weighted by molar-refractivity contribution is 4.95. The fraction of sp³-hybridized carbons (Fsp3) is 1.00. The fourth-order valence-corrected chi connectivity index (χ4v) is 13.5. The summed E-state index contributed by atoms with van der Waals surface area (Å²) in [6.07, 6.45) is 13.5. The topological polar surface area (TPSA) is 173 Å². The Bertz CT molecular complexity index is 1570. The van der Waals surface area contributed by atoms with E-state index in [1.165, 1.54) is 51.5 Å². The molecule has 0 saturated carbocycles. The normalized spacial score (nSPS) is 30.4.